The highest BCUT2D eigenvalue weighted by Gasteiger charge is 2.25. The van der Waals surface area contributed by atoms with Gasteiger partial charge in [-0.2, -0.15) is 0 Å². The van der Waals surface area contributed by atoms with Gasteiger partial charge in [0.1, 0.15) is 0 Å². The van der Waals surface area contributed by atoms with Crippen LogP contribution in [-0.2, 0) is 0 Å². The number of rotatable bonds is 1. The van der Waals surface area contributed by atoms with Gasteiger partial charge in [0.05, 0.1) is 10.6 Å². The van der Waals surface area contributed by atoms with Crippen molar-refractivity contribution in [1.82, 2.24) is 9.88 Å². The molecule has 0 unspecified atom stereocenters. The molecule has 1 atom stereocenters. The maximum absolute atomic E-state index is 12.0. The third kappa shape index (κ3) is 2.11. The summed E-state index contributed by atoms with van der Waals surface area (Å²) in [5.74, 6) is -0.0599. The van der Waals surface area contributed by atoms with E-state index in [0.717, 1.165) is 6.42 Å². The number of carbonyl (C=O) groups is 1. The lowest BCUT2D eigenvalue weighted by atomic mass is 10.2. The summed E-state index contributed by atoms with van der Waals surface area (Å²) in [5, 5.41) is 0.392. The number of amides is 1. The lowest BCUT2D eigenvalue weighted by Crippen LogP contribution is -2.32. The van der Waals surface area contributed by atoms with Crippen LogP contribution in [-0.4, -0.2) is 34.9 Å². The van der Waals surface area contributed by atoms with Crippen LogP contribution in [0.4, 0.5) is 0 Å². The van der Waals surface area contributed by atoms with E-state index in [1.54, 1.807) is 17.2 Å². The van der Waals surface area contributed by atoms with Crippen molar-refractivity contribution >= 4 is 17.5 Å². The van der Waals surface area contributed by atoms with Crippen molar-refractivity contribution in [3.8, 4) is 0 Å². The van der Waals surface area contributed by atoms with Gasteiger partial charge in [-0.1, -0.05) is 11.6 Å². The Morgan fingerprint density at radius 2 is 2.47 bits per heavy atom. The van der Waals surface area contributed by atoms with Crippen molar-refractivity contribution in [2.75, 3.05) is 13.1 Å². The highest BCUT2D eigenvalue weighted by atomic mass is 35.5. The predicted molar refractivity (Wildman–Crippen MR) is 57.7 cm³/mol. The lowest BCUT2D eigenvalue weighted by molar-refractivity contribution is 0.0791. The van der Waals surface area contributed by atoms with E-state index in [9.17, 15) is 4.79 Å². The molecule has 80 valence electrons. The second-order valence-corrected chi connectivity index (χ2v) is 4.06. The third-order valence-corrected chi connectivity index (χ3v) is 2.82. The van der Waals surface area contributed by atoms with E-state index in [4.69, 9.17) is 17.3 Å². The number of nitrogens with two attached hydrogens (primary N) is 1. The van der Waals surface area contributed by atoms with Crippen LogP contribution < -0.4 is 5.73 Å². The molecule has 0 aromatic carbocycles. The van der Waals surface area contributed by atoms with Gasteiger partial charge >= 0.3 is 0 Å². The highest BCUT2D eigenvalue weighted by molar-refractivity contribution is 6.33. The van der Waals surface area contributed by atoms with Crippen molar-refractivity contribution in [2.24, 2.45) is 5.73 Å². The second-order valence-electron chi connectivity index (χ2n) is 3.66. The van der Waals surface area contributed by atoms with E-state index in [0.29, 0.717) is 23.7 Å². The molecule has 0 radical (unpaired) electrons. The Kier molecular flexibility index (Phi) is 2.88. The van der Waals surface area contributed by atoms with E-state index in [1.807, 2.05) is 0 Å². The standard InChI is InChI=1S/C10H12ClN3O/c11-9-5-13-3-1-8(9)10(15)14-4-2-7(12)6-14/h1,3,5,7H,2,4,6,12H2/t7-/m1/s1. The summed E-state index contributed by atoms with van der Waals surface area (Å²) in [6.07, 6.45) is 3.90. The van der Waals surface area contributed by atoms with Crippen LogP contribution in [0.15, 0.2) is 18.5 Å². The molecule has 1 aromatic rings. The zero-order chi connectivity index (χ0) is 10.8. The Balaban J connectivity index is 2.18. The molecule has 1 saturated heterocycles. The summed E-state index contributed by atoms with van der Waals surface area (Å²) in [4.78, 5) is 17.5. The quantitative estimate of drug-likeness (QED) is 0.773. The first-order valence-electron chi connectivity index (χ1n) is 4.83. The molecule has 2 heterocycles. The van der Waals surface area contributed by atoms with Crippen LogP contribution in [0.2, 0.25) is 5.02 Å². The summed E-state index contributed by atoms with van der Waals surface area (Å²) in [6, 6.07) is 1.73. The SMILES string of the molecule is N[C@@H]1CCN(C(=O)c2ccncc2Cl)C1. The first-order chi connectivity index (χ1) is 7.18. The van der Waals surface area contributed by atoms with E-state index in [1.165, 1.54) is 6.20 Å². The fourth-order valence-electron chi connectivity index (χ4n) is 1.69. The molecular weight excluding hydrogens is 214 g/mol. The zero-order valence-electron chi connectivity index (χ0n) is 8.19. The van der Waals surface area contributed by atoms with Gasteiger partial charge in [-0.05, 0) is 12.5 Å². The van der Waals surface area contributed by atoms with Gasteiger partial charge in [0.2, 0.25) is 0 Å². The van der Waals surface area contributed by atoms with E-state index in [2.05, 4.69) is 4.98 Å². The molecule has 1 aliphatic rings. The second kappa shape index (κ2) is 4.16. The highest BCUT2D eigenvalue weighted by Crippen LogP contribution is 2.18. The molecular formula is C10H12ClN3O. The molecule has 0 spiro atoms. The minimum Gasteiger partial charge on any atom is -0.337 e. The van der Waals surface area contributed by atoms with Gasteiger partial charge in [-0.25, -0.2) is 0 Å². The Hall–Kier alpha value is -1.13. The molecule has 4 nitrogen and oxygen atoms in total. The number of halogens is 1. The summed E-state index contributed by atoms with van der Waals surface area (Å²) in [7, 11) is 0. The third-order valence-electron chi connectivity index (χ3n) is 2.51. The van der Waals surface area contributed by atoms with Crippen molar-refractivity contribution < 1.29 is 4.79 Å². The van der Waals surface area contributed by atoms with Gasteiger partial charge in [-0.15, -0.1) is 0 Å². The fraction of sp³-hybridized carbons (Fsp3) is 0.400. The lowest BCUT2D eigenvalue weighted by Gasteiger charge is -2.16. The number of hydrogen-bond acceptors (Lipinski definition) is 3. The minimum atomic E-state index is -0.0599. The maximum Gasteiger partial charge on any atom is 0.255 e. The fourth-order valence-corrected chi connectivity index (χ4v) is 1.89. The molecule has 1 amide bonds. The van der Waals surface area contributed by atoms with Crippen molar-refractivity contribution in [1.29, 1.82) is 0 Å². The number of hydrogen-bond donors (Lipinski definition) is 1. The molecule has 2 rings (SSSR count). The Labute approximate surface area is 93.0 Å². The van der Waals surface area contributed by atoms with Crippen molar-refractivity contribution in [3.05, 3.63) is 29.0 Å². The van der Waals surface area contributed by atoms with E-state index < -0.39 is 0 Å². The first kappa shape index (κ1) is 10.4. The predicted octanol–water partition coefficient (Wildman–Crippen LogP) is 0.908. The average molecular weight is 226 g/mol. The number of nitrogens with zero attached hydrogens (tertiary/aromatic N) is 2. The first-order valence-corrected chi connectivity index (χ1v) is 5.20. The molecule has 5 heteroatoms. The molecule has 0 aliphatic carbocycles. The Morgan fingerprint density at radius 1 is 1.67 bits per heavy atom. The van der Waals surface area contributed by atoms with E-state index in [-0.39, 0.29) is 11.9 Å². The number of carbonyl (C=O) groups excluding carboxylic acids is 1. The van der Waals surface area contributed by atoms with Crippen LogP contribution in [0.5, 0.6) is 0 Å². The summed E-state index contributed by atoms with van der Waals surface area (Å²) in [5.41, 5.74) is 6.24. The van der Waals surface area contributed by atoms with Crippen LogP contribution in [0, 0.1) is 0 Å². The molecule has 0 saturated carbocycles. The molecule has 1 aliphatic heterocycles. The number of likely N-dealkylation sites (tertiary alicyclic amines) is 1. The van der Waals surface area contributed by atoms with Crippen LogP contribution >= 0.6 is 11.6 Å². The van der Waals surface area contributed by atoms with Gasteiger partial charge in [0, 0.05) is 31.5 Å². The van der Waals surface area contributed by atoms with Gasteiger partial charge in [-0.3, -0.25) is 9.78 Å². The Morgan fingerprint density at radius 3 is 3.07 bits per heavy atom. The number of aromatic nitrogens is 1. The van der Waals surface area contributed by atoms with Crippen molar-refractivity contribution in [2.45, 2.75) is 12.5 Å². The average Bonchev–Trinajstić information content (AvgIpc) is 2.65. The van der Waals surface area contributed by atoms with Gasteiger partial charge in [0.15, 0.2) is 0 Å². The largest absolute Gasteiger partial charge is 0.337 e. The molecule has 1 aromatic heterocycles. The van der Waals surface area contributed by atoms with E-state index >= 15 is 0 Å². The summed E-state index contributed by atoms with van der Waals surface area (Å²) in [6.45, 7) is 1.32. The Bertz CT molecular complexity index is 383. The summed E-state index contributed by atoms with van der Waals surface area (Å²) >= 11 is 5.89. The monoisotopic (exact) mass is 225 g/mol. The van der Waals surface area contributed by atoms with Crippen LogP contribution in [0.3, 0.4) is 0 Å². The summed E-state index contributed by atoms with van der Waals surface area (Å²) < 4.78 is 0. The topological polar surface area (TPSA) is 59.2 Å². The van der Waals surface area contributed by atoms with Crippen molar-refractivity contribution in [3.63, 3.8) is 0 Å². The van der Waals surface area contributed by atoms with Crippen LogP contribution in [0.25, 0.3) is 0 Å². The molecule has 1 fully saturated rings. The van der Waals surface area contributed by atoms with Gasteiger partial charge < -0.3 is 10.6 Å². The molecule has 15 heavy (non-hydrogen) atoms. The minimum absolute atomic E-state index is 0.0599. The molecule has 2 N–H and O–H groups in total. The number of pyridine rings is 1. The normalized spacial score (nSPS) is 20.7. The zero-order valence-corrected chi connectivity index (χ0v) is 8.94. The molecule has 0 bridgehead atoms. The maximum atomic E-state index is 12.0. The van der Waals surface area contributed by atoms with Crippen LogP contribution in [0.1, 0.15) is 16.8 Å². The smallest absolute Gasteiger partial charge is 0.255 e. The van der Waals surface area contributed by atoms with Gasteiger partial charge in [0.25, 0.3) is 5.91 Å².